The van der Waals surface area contributed by atoms with Gasteiger partial charge in [-0.25, -0.2) is 0 Å². The number of nitrogens with zero attached hydrogens (tertiary/aromatic N) is 1. The molecule has 1 fully saturated rings. The molecular weight excluding hydrogens is 282 g/mol. The molecule has 2 atom stereocenters. The lowest BCUT2D eigenvalue weighted by Gasteiger charge is -2.35. The number of carbonyl (C=O) groups is 1. The summed E-state index contributed by atoms with van der Waals surface area (Å²) in [5.74, 6) is -0.0569. The molecule has 1 aliphatic rings. The van der Waals surface area contributed by atoms with Crippen molar-refractivity contribution in [3.63, 3.8) is 0 Å². The fraction of sp³-hybridized carbons (Fsp3) is 0.500. The lowest BCUT2D eigenvalue weighted by atomic mass is 10.0. The van der Waals surface area contributed by atoms with Gasteiger partial charge in [0.05, 0.1) is 6.10 Å². The molecule has 1 aliphatic heterocycles. The van der Waals surface area contributed by atoms with Crippen molar-refractivity contribution < 1.29 is 19.7 Å². The maximum Gasteiger partial charge on any atom is 0.320 e. The highest BCUT2D eigenvalue weighted by molar-refractivity contribution is 5.85. The smallest absolute Gasteiger partial charge is 0.320 e. The first-order valence-electron chi connectivity index (χ1n) is 6.49. The van der Waals surface area contributed by atoms with Crippen LogP contribution in [-0.4, -0.2) is 52.9 Å². The van der Waals surface area contributed by atoms with Gasteiger partial charge in [0.1, 0.15) is 18.4 Å². The van der Waals surface area contributed by atoms with E-state index >= 15 is 0 Å². The normalized spacial score (nSPS) is 22.9. The molecule has 5 nitrogen and oxygen atoms in total. The van der Waals surface area contributed by atoms with Crippen molar-refractivity contribution in [3.8, 4) is 5.75 Å². The fourth-order valence-electron chi connectivity index (χ4n) is 2.35. The summed E-state index contributed by atoms with van der Waals surface area (Å²) < 4.78 is 5.56. The van der Waals surface area contributed by atoms with Crippen LogP contribution in [0.25, 0.3) is 0 Å². The van der Waals surface area contributed by atoms with Crippen LogP contribution in [0.4, 0.5) is 0 Å². The molecule has 0 spiro atoms. The minimum absolute atomic E-state index is 0. The average Bonchev–Trinajstić information content (AvgIpc) is 2.39. The molecule has 0 radical (unpaired) electrons. The molecule has 2 N–H and O–H groups in total. The van der Waals surface area contributed by atoms with Gasteiger partial charge in [-0.05, 0) is 25.0 Å². The third kappa shape index (κ3) is 4.67. The Hall–Kier alpha value is -1.30. The Balaban J connectivity index is 0.00000200. The largest absolute Gasteiger partial charge is 0.492 e. The Labute approximate surface area is 124 Å². The molecule has 1 heterocycles. The zero-order valence-corrected chi connectivity index (χ0v) is 12.0. The third-order valence-corrected chi connectivity index (χ3v) is 3.33. The van der Waals surface area contributed by atoms with Crippen molar-refractivity contribution in [3.05, 3.63) is 30.3 Å². The molecule has 0 unspecified atom stereocenters. The number of benzene rings is 1. The van der Waals surface area contributed by atoms with E-state index in [4.69, 9.17) is 9.84 Å². The van der Waals surface area contributed by atoms with Crippen LogP contribution in [0.3, 0.4) is 0 Å². The van der Waals surface area contributed by atoms with E-state index in [0.717, 1.165) is 5.75 Å². The number of aliphatic carboxylic acids is 1. The van der Waals surface area contributed by atoms with Crippen LogP contribution in [0.5, 0.6) is 5.75 Å². The Morgan fingerprint density at radius 1 is 1.30 bits per heavy atom. The fourth-order valence-corrected chi connectivity index (χ4v) is 2.35. The van der Waals surface area contributed by atoms with Gasteiger partial charge in [0, 0.05) is 13.1 Å². The first-order chi connectivity index (χ1) is 9.16. The summed E-state index contributed by atoms with van der Waals surface area (Å²) >= 11 is 0. The number of aliphatic hydroxyl groups is 1. The third-order valence-electron chi connectivity index (χ3n) is 3.33. The molecule has 1 aromatic carbocycles. The zero-order valence-electron chi connectivity index (χ0n) is 11.1. The van der Waals surface area contributed by atoms with Gasteiger partial charge < -0.3 is 14.9 Å². The molecule has 0 saturated carbocycles. The van der Waals surface area contributed by atoms with E-state index in [0.29, 0.717) is 32.5 Å². The van der Waals surface area contributed by atoms with E-state index < -0.39 is 18.1 Å². The van der Waals surface area contributed by atoms with Gasteiger partial charge in [0.2, 0.25) is 0 Å². The van der Waals surface area contributed by atoms with Crippen molar-refractivity contribution in [2.24, 2.45) is 0 Å². The van der Waals surface area contributed by atoms with Crippen molar-refractivity contribution in [2.75, 3.05) is 19.7 Å². The second kappa shape index (κ2) is 8.09. The second-order valence-corrected chi connectivity index (χ2v) is 4.74. The number of para-hydroxylation sites is 1. The number of carboxylic acid groups (broad SMARTS) is 1. The lowest BCUT2D eigenvalue weighted by molar-refractivity contribution is -0.146. The number of hydrogen-bond acceptors (Lipinski definition) is 4. The Bertz CT molecular complexity index is 415. The molecule has 0 bridgehead atoms. The van der Waals surface area contributed by atoms with Crippen molar-refractivity contribution >= 4 is 18.4 Å². The maximum atomic E-state index is 11.1. The van der Waals surface area contributed by atoms with Gasteiger partial charge in [-0.2, -0.15) is 0 Å². The first kappa shape index (κ1) is 16.8. The Morgan fingerprint density at radius 3 is 2.65 bits per heavy atom. The summed E-state index contributed by atoms with van der Waals surface area (Å²) in [5.41, 5.74) is 0. The molecule has 20 heavy (non-hydrogen) atoms. The monoisotopic (exact) mass is 301 g/mol. The van der Waals surface area contributed by atoms with Crippen LogP contribution in [0.15, 0.2) is 30.3 Å². The van der Waals surface area contributed by atoms with Crippen molar-refractivity contribution in [1.29, 1.82) is 0 Å². The number of halogens is 1. The van der Waals surface area contributed by atoms with E-state index in [9.17, 15) is 9.90 Å². The van der Waals surface area contributed by atoms with Crippen LogP contribution in [0.2, 0.25) is 0 Å². The summed E-state index contributed by atoms with van der Waals surface area (Å²) in [4.78, 5) is 12.9. The minimum atomic E-state index is -0.827. The quantitative estimate of drug-likeness (QED) is 0.860. The van der Waals surface area contributed by atoms with E-state index in [1.54, 1.807) is 4.90 Å². The lowest BCUT2D eigenvalue weighted by Crippen LogP contribution is -2.50. The number of ether oxygens (including phenoxy) is 1. The summed E-state index contributed by atoms with van der Waals surface area (Å²) in [6.07, 6.45) is 0.599. The summed E-state index contributed by atoms with van der Waals surface area (Å²) in [6.45, 7) is 1.32. The van der Waals surface area contributed by atoms with Crippen molar-refractivity contribution in [1.82, 2.24) is 4.90 Å². The molecular formula is C14H20ClNO4. The molecule has 6 heteroatoms. The van der Waals surface area contributed by atoms with Gasteiger partial charge in [-0.3, -0.25) is 9.69 Å². The number of carboxylic acids is 1. The molecule has 0 aliphatic carbocycles. The molecule has 112 valence electrons. The first-order valence-corrected chi connectivity index (χ1v) is 6.49. The maximum absolute atomic E-state index is 11.1. The predicted octanol–water partition coefficient (Wildman–Crippen LogP) is 1.40. The van der Waals surface area contributed by atoms with Gasteiger partial charge in [0.15, 0.2) is 0 Å². The number of hydrogen-bond donors (Lipinski definition) is 2. The van der Waals surface area contributed by atoms with E-state index in [-0.39, 0.29) is 12.4 Å². The van der Waals surface area contributed by atoms with E-state index in [1.165, 1.54) is 0 Å². The molecule has 1 aromatic rings. The number of β-amino-alcohol motifs (C(OH)–C–C–N with tert-alkyl or cyclic N) is 1. The minimum Gasteiger partial charge on any atom is -0.492 e. The standard InChI is InChI=1S/C14H19NO4.ClH/c16-11-6-7-13(14(17)18)15(10-11)8-9-19-12-4-2-1-3-5-12;/h1-5,11,13,16H,6-10H2,(H,17,18);1H/t11-,13+;/m0./s1. The van der Waals surface area contributed by atoms with Gasteiger partial charge in [0.25, 0.3) is 0 Å². The summed E-state index contributed by atoms with van der Waals surface area (Å²) in [7, 11) is 0. The predicted molar refractivity (Wildman–Crippen MR) is 77.4 cm³/mol. The number of rotatable bonds is 5. The number of piperidine rings is 1. The highest BCUT2D eigenvalue weighted by Crippen LogP contribution is 2.17. The molecule has 0 aromatic heterocycles. The van der Waals surface area contributed by atoms with E-state index in [1.807, 2.05) is 30.3 Å². The van der Waals surface area contributed by atoms with Gasteiger partial charge in [-0.15, -0.1) is 12.4 Å². The van der Waals surface area contributed by atoms with Crippen LogP contribution in [-0.2, 0) is 4.79 Å². The Kier molecular flexibility index (Phi) is 6.78. The highest BCUT2D eigenvalue weighted by atomic mass is 35.5. The van der Waals surface area contributed by atoms with Crippen LogP contribution in [0.1, 0.15) is 12.8 Å². The number of likely N-dealkylation sites (tertiary alicyclic amines) is 1. The van der Waals surface area contributed by atoms with Gasteiger partial charge >= 0.3 is 5.97 Å². The molecule has 2 rings (SSSR count). The van der Waals surface area contributed by atoms with Gasteiger partial charge in [-0.1, -0.05) is 18.2 Å². The molecule has 1 saturated heterocycles. The topological polar surface area (TPSA) is 70.0 Å². The highest BCUT2D eigenvalue weighted by Gasteiger charge is 2.31. The molecule has 0 amide bonds. The van der Waals surface area contributed by atoms with Crippen LogP contribution < -0.4 is 4.74 Å². The average molecular weight is 302 g/mol. The Morgan fingerprint density at radius 2 is 2.00 bits per heavy atom. The summed E-state index contributed by atoms with van der Waals surface area (Å²) in [5, 5.41) is 18.8. The van der Waals surface area contributed by atoms with Crippen LogP contribution >= 0.6 is 12.4 Å². The zero-order chi connectivity index (χ0) is 13.7. The van der Waals surface area contributed by atoms with Crippen LogP contribution in [0, 0.1) is 0 Å². The number of aliphatic hydroxyl groups excluding tert-OH is 1. The SMILES string of the molecule is Cl.O=C(O)[C@H]1CC[C@H](O)CN1CCOc1ccccc1. The van der Waals surface area contributed by atoms with E-state index in [2.05, 4.69) is 0 Å². The summed E-state index contributed by atoms with van der Waals surface area (Å²) in [6, 6.07) is 8.90. The second-order valence-electron chi connectivity index (χ2n) is 4.74. The van der Waals surface area contributed by atoms with Crippen molar-refractivity contribution in [2.45, 2.75) is 25.0 Å².